The van der Waals surface area contributed by atoms with E-state index in [1.54, 1.807) is 0 Å². The van der Waals surface area contributed by atoms with Gasteiger partial charge in [0.2, 0.25) is 0 Å². The predicted molar refractivity (Wildman–Crippen MR) is 123 cm³/mol. The third-order valence-corrected chi connectivity index (χ3v) is 5.00. The van der Waals surface area contributed by atoms with Gasteiger partial charge < -0.3 is 43.7 Å². The zero-order chi connectivity index (χ0) is 24.1. The van der Waals surface area contributed by atoms with E-state index in [2.05, 4.69) is 0 Å². The normalized spacial score (nSPS) is 16.6. The van der Waals surface area contributed by atoms with E-state index in [4.69, 9.17) is 63.2 Å². The molecule has 0 aliphatic carbocycles. The van der Waals surface area contributed by atoms with Crippen LogP contribution in [-0.4, -0.2) is 131 Å². The van der Waals surface area contributed by atoms with Gasteiger partial charge in [0.25, 0.3) is 0 Å². The minimum atomic E-state index is -0.690. The van der Waals surface area contributed by atoms with Crippen molar-refractivity contribution < 1.29 is 43.7 Å². The molecule has 3 unspecified atom stereocenters. The summed E-state index contributed by atoms with van der Waals surface area (Å²) in [5.41, 5.74) is -0.430. The second kappa shape index (κ2) is 22.0. The van der Waals surface area contributed by atoms with Crippen molar-refractivity contribution in [3.05, 3.63) is 0 Å². The minimum Gasteiger partial charge on any atom is -0.389 e. The Balaban J connectivity index is 4.20. The first-order chi connectivity index (χ1) is 15.4. The van der Waals surface area contributed by atoms with Crippen LogP contribution in [0.15, 0.2) is 0 Å². The van der Waals surface area contributed by atoms with Crippen LogP contribution in [0, 0.1) is 5.41 Å². The largest absolute Gasteiger partial charge is 0.389 e. The van der Waals surface area contributed by atoms with E-state index in [1.807, 2.05) is 6.92 Å². The third kappa shape index (κ3) is 19.9. The highest BCUT2D eigenvalue weighted by Crippen LogP contribution is 2.18. The molecule has 12 heteroatoms. The van der Waals surface area contributed by atoms with Gasteiger partial charge in [-0.2, -0.15) is 0 Å². The number of alkyl halides is 3. The van der Waals surface area contributed by atoms with Crippen molar-refractivity contribution in [3.8, 4) is 0 Å². The van der Waals surface area contributed by atoms with E-state index in [1.165, 1.54) is 0 Å². The topological polar surface area (TPSA) is 116 Å². The molecule has 194 valence electrons. The maximum absolute atomic E-state index is 9.36. The number of aliphatic hydroxyl groups excluding tert-OH is 3. The Morgan fingerprint density at radius 1 is 0.531 bits per heavy atom. The van der Waals surface area contributed by atoms with Crippen molar-refractivity contribution in [1.29, 1.82) is 0 Å². The smallest absolute Gasteiger partial charge is 0.0908 e. The molecule has 0 spiro atoms. The average Bonchev–Trinajstić information content (AvgIpc) is 2.80. The van der Waals surface area contributed by atoms with Gasteiger partial charge in [-0.25, -0.2) is 0 Å². The molecule has 3 atom stereocenters. The molecule has 3 N–H and O–H groups in total. The molecule has 0 radical (unpaired) electrons. The molecule has 0 aromatic carbocycles. The van der Waals surface area contributed by atoms with E-state index in [0.29, 0.717) is 59.5 Å². The van der Waals surface area contributed by atoms with Crippen molar-refractivity contribution in [2.45, 2.75) is 25.2 Å². The second-order valence-electron chi connectivity index (χ2n) is 7.62. The number of halogens is 3. The molecule has 0 rings (SSSR count). The van der Waals surface area contributed by atoms with Crippen molar-refractivity contribution >= 4 is 34.8 Å². The maximum atomic E-state index is 9.36. The Labute approximate surface area is 206 Å². The molecule has 0 aromatic heterocycles. The van der Waals surface area contributed by atoms with Crippen LogP contribution in [0.2, 0.25) is 0 Å². The van der Waals surface area contributed by atoms with Crippen LogP contribution in [0.4, 0.5) is 0 Å². The van der Waals surface area contributed by atoms with Gasteiger partial charge in [-0.05, 0) is 0 Å². The Morgan fingerprint density at radius 2 is 0.781 bits per heavy atom. The molecule has 0 amide bonds. The van der Waals surface area contributed by atoms with Gasteiger partial charge in [0.1, 0.15) is 0 Å². The highest BCUT2D eigenvalue weighted by molar-refractivity contribution is 6.18. The molecule has 32 heavy (non-hydrogen) atoms. The molecule has 0 heterocycles. The standard InChI is InChI=1S/C20H39Cl3O9/c1-20(14-30-5-2-27-11-17(24)8-21,15-31-6-3-28-12-18(25)9-22)16-32-7-4-29-13-19(26)10-23/h17-19,24-26H,2-16H2,1H3. The molecule has 0 bridgehead atoms. The first kappa shape index (κ1) is 32.5. The number of rotatable bonds is 24. The fourth-order valence-electron chi connectivity index (χ4n) is 2.23. The molecule has 0 aromatic rings. The number of hydrogen-bond donors (Lipinski definition) is 3. The van der Waals surface area contributed by atoms with Gasteiger partial charge in [-0.3, -0.25) is 0 Å². The molecular weight excluding hydrogens is 491 g/mol. The first-order valence-corrected chi connectivity index (χ1v) is 12.2. The van der Waals surface area contributed by atoms with E-state index < -0.39 is 23.7 Å². The fraction of sp³-hybridized carbons (Fsp3) is 1.00. The number of aliphatic hydroxyl groups is 3. The Kier molecular flexibility index (Phi) is 22.4. The Bertz CT molecular complexity index is 355. The van der Waals surface area contributed by atoms with E-state index in [9.17, 15) is 15.3 Å². The highest BCUT2D eigenvalue weighted by Gasteiger charge is 2.26. The molecule has 0 saturated heterocycles. The summed E-state index contributed by atoms with van der Waals surface area (Å²) in [5, 5.41) is 28.1. The Morgan fingerprint density at radius 3 is 1.03 bits per heavy atom. The number of ether oxygens (including phenoxy) is 6. The average molecular weight is 530 g/mol. The first-order valence-electron chi connectivity index (χ1n) is 10.6. The van der Waals surface area contributed by atoms with Gasteiger partial charge >= 0.3 is 0 Å². The highest BCUT2D eigenvalue weighted by atomic mass is 35.5. The van der Waals surface area contributed by atoms with Crippen LogP contribution >= 0.6 is 34.8 Å². The van der Waals surface area contributed by atoms with Gasteiger partial charge in [-0.15, -0.1) is 34.8 Å². The zero-order valence-corrected chi connectivity index (χ0v) is 21.0. The van der Waals surface area contributed by atoms with Gasteiger partial charge in [-0.1, -0.05) is 6.92 Å². The summed E-state index contributed by atoms with van der Waals surface area (Å²) in [7, 11) is 0. The lowest BCUT2D eigenvalue weighted by Gasteiger charge is -2.29. The maximum Gasteiger partial charge on any atom is 0.0908 e. The third-order valence-electron chi connectivity index (χ3n) is 3.93. The van der Waals surface area contributed by atoms with Crippen molar-refractivity contribution in [3.63, 3.8) is 0 Å². The second-order valence-corrected chi connectivity index (χ2v) is 8.54. The lowest BCUT2D eigenvalue weighted by Crippen LogP contribution is -2.36. The number of hydrogen-bond acceptors (Lipinski definition) is 9. The molecule has 0 fully saturated rings. The van der Waals surface area contributed by atoms with Gasteiger partial charge in [0.05, 0.1) is 115 Å². The fourth-order valence-corrected chi connectivity index (χ4v) is 2.49. The SMILES string of the molecule is CC(COCCOCC(O)CCl)(COCCOCC(O)CCl)COCCOCC(O)CCl. The van der Waals surface area contributed by atoms with Crippen LogP contribution < -0.4 is 0 Å². The molecular formula is C20H39Cl3O9. The van der Waals surface area contributed by atoms with Crippen LogP contribution in [0.1, 0.15) is 6.92 Å². The lowest BCUT2D eigenvalue weighted by atomic mass is 9.94. The summed E-state index contributed by atoms with van der Waals surface area (Å²) in [6, 6.07) is 0. The monoisotopic (exact) mass is 528 g/mol. The summed E-state index contributed by atoms with van der Waals surface area (Å²) in [6.45, 7) is 5.60. The van der Waals surface area contributed by atoms with Crippen LogP contribution in [0.5, 0.6) is 0 Å². The summed E-state index contributed by atoms with van der Waals surface area (Å²) >= 11 is 16.5. The quantitative estimate of drug-likeness (QED) is 0.124. The molecule has 9 nitrogen and oxygen atoms in total. The van der Waals surface area contributed by atoms with Crippen molar-refractivity contribution in [1.82, 2.24) is 0 Å². The van der Waals surface area contributed by atoms with Crippen molar-refractivity contribution in [2.24, 2.45) is 5.41 Å². The molecule has 0 saturated carbocycles. The van der Waals surface area contributed by atoms with Crippen LogP contribution in [0.25, 0.3) is 0 Å². The molecule has 0 aliphatic heterocycles. The lowest BCUT2D eigenvalue weighted by molar-refractivity contribution is -0.0843. The summed E-state index contributed by atoms with van der Waals surface area (Å²) in [5.74, 6) is 0.365. The van der Waals surface area contributed by atoms with Crippen molar-refractivity contribution in [2.75, 3.05) is 96.9 Å². The molecule has 0 aliphatic rings. The van der Waals surface area contributed by atoms with E-state index in [-0.39, 0.29) is 37.5 Å². The van der Waals surface area contributed by atoms with Gasteiger partial charge in [0.15, 0.2) is 0 Å². The van der Waals surface area contributed by atoms with E-state index in [0.717, 1.165) is 0 Å². The summed E-state index contributed by atoms with van der Waals surface area (Å²) in [6.07, 6.45) is -2.07. The summed E-state index contributed by atoms with van der Waals surface area (Å²) < 4.78 is 33.0. The predicted octanol–water partition coefficient (Wildman–Crippen LogP) is 0.891. The van der Waals surface area contributed by atoms with Crippen LogP contribution in [0.3, 0.4) is 0 Å². The van der Waals surface area contributed by atoms with Gasteiger partial charge in [0, 0.05) is 5.41 Å². The zero-order valence-electron chi connectivity index (χ0n) is 18.8. The summed E-state index contributed by atoms with van der Waals surface area (Å²) in [4.78, 5) is 0. The van der Waals surface area contributed by atoms with E-state index >= 15 is 0 Å². The minimum absolute atomic E-state index is 0.122. The Hall–Kier alpha value is 0.510. The van der Waals surface area contributed by atoms with Crippen LogP contribution in [-0.2, 0) is 28.4 Å².